The van der Waals surface area contributed by atoms with Gasteiger partial charge in [-0.2, -0.15) is 5.26 Å². The van der Waals surface area contributed by atoms with Crippen LogP contribution in [0.25, 0.3) is 0 Å². The number of hydrogen-bond acceptors (Lipinski definition) is 10. The number of anilines is 1. The lowest BCUT2D eigenvalue weighted by Crippen LogP contribution is -2.42. The SMILES string of the molecule is CCSc1ccsc1C1C(C#N)=C(N)N(c2nnc(SC(C)C)s2)C2=C1C(=O)CC(C)(C)C2. The second-order valence-electron chi connectivity index (χ2n) is 9.08. The minimum atomic E-state index is -0.434. The topological polar surface area (TPSA) is 95.9 Å². The van der Waals surface area contributed by atoms with Gasteiger partial charge in [-0.25, -0.2) is 0 Å². The molecule has 2 aromatic heterocycles. The Morgan fingerprint density at radius 3 is 2.79 bits per heavy atom. The molecule has 2 N–H and O–H groups in total. The molecule has 0 saturated carbocycles. The van der Waals surface area contributed by atoms with E-state index in [1.54, 1.807) is 34.9 Å². The molecule has 10 heteroatoms. The van der Waals surface area contributed by atoms with Gasteiger partial charge in [-0.15, -0.1) is 33.3 Å². The molecule has 1 aliphatic heterocycles. The van der Waals surface area contributed by atoms with Crippen LogP contribution in [-0.4, -0.2) is 27.0 Å². The van der Waals surface area contributed by atoms with Gasteiger partial charge in [0.25, 0.3) is 0 Å². The van der Waals surface area contributed by atoms with Gasteiger partial charge in [0.15, 0.2) is 10.1 Å². The van der Waals surface area contributed by atoms with Crippen molar-refractivity contribution >= 4 is 57.1 Å². The quantitative estimate of drug-likeness (QED) is 0.456. The van der Waals surface area contributed by atoms with Crippen LogP contribution in [0.15, 0.2) is 43.3 Å². The van der Waals surface area contributed by atoms with E-state index in [1.807, 2.05) is 10.3 Å². The van der Waals surface area contributed by atoms with Gasteiger partial charge in [0.1, 0.15) is 5.82 Å². The molecular formula is C23H27N5OS4. The maximum Gasteiger partial charge on any atom is 0.219 e. The number of nitrogens with two attached hydrogens (primary N) is 1. The zero-order valence-corrected chi connectivity index (χ0v) is 22.6. The number of carbonyl (C=O) groups is 1. The van der Waals surface area contributed by atoms with Crippen molar-refractivity contribution in [2.75, 3.05) is 10.7 Å². The molecule has 6 nitrogen and oxygen atoms in total. The number of Topliss-reactive ketones (excluding diaryl/α,β-unsaturated/α-hetero) is 1. The van der Waals surface area contributed by atoms with E-state index in [-0.39, 0.29) is 11.2 Å². The number of carbonyl (C=O) groups excluding carboxylic acids is 1. The van der Waals surface area contributed by atoms with Crippen molar-refractivity contribution in [2.24, 2.45) is 11.1 Å². The lowest BCUT2D eigenvalue weighted by Gasteiger charge is -2.42. The zero-order chi connectivity index (χ0) is 23.9. The first-order chi connectivity index (χ1) is 15.7. The van der Waals surface area contributed by atoms with Crippen LogP contribution >= 0.6 is 46.2 Å². The highest BCUT2D eigenvalue weighted by Gasteiger charge is 2.46. The smallest absolute Gasteiger partial charge is 0.219 e. The summed E-state index contributed by atoms with van der Waals surface area (Å²) >= 11 is 6.40. The third-order valence-electron chi connectivity index (χ3n) is 5.52. The summed E-state index contributed by atoms with van der Waals surface area (Å²) in [6.07, 6.45) is 1.12. The third-order valence-corrected chi connectivity index (χ3v) is 9.59. The largest absolute Gasteiger partial charge is 0.384 e. The molecule has 0 aromatic carbocycles. The van der Waals surface area contributed by atoms with E-state index in [4.69, 9.17) is 5.73 Å². The van der Waals surface area contributed by atoms with Gasteiger partial charge in [-0.05, 0) is 29.0 Å². The van der Waals surface area contributed by atoms with Crippen molar-refractivity contribution in [1.82, 2.24) is 10.2 Å². The van der Waals surface area contributed by atoms with Crippen LogP contribution in [0.5, 0.6) is 0 Å². The molecule has 0 radical (unpaired) electrons. The Morgan fingerprint density at radius 1 is 1.36 bits per heavy atom. The number of thiophene rings is 1. The van der Waals surface area contributed by atoms with Gasteiger partial charge in [-0.1, -0.05) is 57.7 Å². The molecule has 2 aliphatic rings. The summed E-state index contributed by atoms with van der Waals surface area (Å²) in [7, 11) is 0. The van der Waals surface area contributed by atoms with Gasteiger partial charge in [0, 0.05) is 32.7 Å². The molecule has 174 valence electrons. The number of nitrogens with zero attached hydrogens (tertiary/aromatic N) is 4. The lowest BCUT2D eigenvalue weighted by atomic mass is 9.70. The monoisotopic (exact) mass is 517 g/mol. The Hall–Kier alpha value is -1.80. The Kier molecular flexibility index (Phi) is 6.97. The minimum Gasteiger partial charge on any atom is -0.384 e. The van der Waals surface area contributed by atoms with E-state index < -0.39 is 5.92 Å². The number of thioether (sulfide) groups is 2. The molecule has 1 aliphatic carbocycles. The second kappa shape index (κ2) is 9.45. The van der Waals surface area contributed by atoms with Gasteiger partial charge in [-0.3, -0.25) is 9.69 Å². The molecule has 2 aromatic rings. The zero-order valence-electron chi connectivity index (χ0n) is 19.3. The number of hydrogen-bond donors (Lipinski definition) is 1. The first kappa shape index (κ1) is 24.3. The van der Waals surface area contributed by atoms with E-state index >= 15 is 0 Å². The van der Waals surface area contributed by atoms with Crippen LogP contribution in [0.3, 0.4) is 0 Å². The maximum absolute atomic E-state index is 13.6. The summed E-state index contributed by atoms with van der Waals surface area (Å²) in [5, 5.41) is 22.0. The summed E-state index contributed by atoms with van der Waals surface area (Å²) in [4.78, 5) is 17.6. The van der Waals surface area contributed by atoms with Crippen LogP contribution in [0.1, 0.15) is 58.3 Å². The minimum absolute atomic E-state index is 0.0821. The summed E-state index contributed by atoms with van der Waals surface area (Å²) < 4.78 is 0.844. The highest BCUT2D eigenvalue weighted by atomic mass is 32.2. The third kappa shape index (κ3) is 4.61. The molecule has 0 saturated heterocycles. The molecule has 0 bridgehead atoms. The lowest BCUT2D eigenvalue weighted by molar-refractivity contribution is -0.118. The van der Waals surface area contributed by atoms with Crippen molar-refractivity contribution in [3.63, 3.8) is 0 Å². The second-order valence-corrected chi connectivity index (χ2v) is 14.1. The summed E-state index contributed by atoms with van der Waals surface area (Å²) in [5.41, 5.74) is 8.46. The molecule has 4 rings (SSSR count). The average molecular weight is 518 g/mol. The van der Waals surface area contributed by atoms with E-state index in [0.717, 1.165) is 25.6 Å². The fraction of sp³-hybridized carbons (Fsp3) is 0.478. The first-order valence-electron chi connectivity index (χ1n) is 10.8. The summed E-state index contributed by atoms with van der Waals surface area (Å²) in [5.74, 6) is 0.914. The molecule has 3 heterocycles. The van der Waals surface area contributed by atoms with Gasteiger partial charge in [0.05, 0.1) is 17.6 Å². The van der Waals surface area contributed by atoms with E-state index in [1.165, 1.54) is 11.3 Å². The van der Waals surface area contributed by atoms with Crippen molar-refractivity contribution in [2.45, 2.75) is 67.9 Å². The van der Waals surface area contributed by atoms with Gasteiger partial charge in [0.2, 0.25) is 5.13 Å². The fourth-order valence-electron chi connectivity index (χ4n) is 4.33. The Morgan fingerprint density at radius 2 is 2.12 bits per heavy atom. The van der Waals surface area contributed by atoms with Gasteiger partial charge >= 0.3 is 0 Å². The Labute approximate surface area is 211 Å². The average Bonchev–Trinajstić information content (AvgIpc) is 3.35. The number of allylic oxidation sites excluding steroid dienone is 3. The van der Waals surface area contributed by atoms with Crippen LogP contribution in [0.2, 0.25) is 0 Å². The van der Waals surface area contributed by atoms with Crippen LogP contribution < -0.4 is 10.6 Å². The number of rotatable bonds is 6. The maximum atomic E-state index is 13.6. The van der Waals surface area contributed by atoms with Crippen molar-refractivity contribution in [3.05, 3.63) is 39.0 Å². The normalized spacial score (nSPS) is 20.5. The predicted molar refractivity (Wildman–Crippen MR) is 139 cm³/mol. The van der Waals surface area contributed by atoms with Crippen LogP contribution in [0, 0.1) is 16.7 Å². The standard InChI is InChI=1S/C23H27N5OS4/c1-6-30-16-7-8-31-19(16)17-13(11-24)20(25)28(21-26-27-22(33-21)32-12(2)3)14-9-23(4,5)10-15(29)18(14)17/h7-8,12,17H,6,9-10,25H2,1-5H3. The fourth-order valence-corrected chi connectivity index (χ4v) is 8.48. The number of nitriles is 1. The van der Waals surface area contributed by atoms with Crippen molar-refractivity contribution < 1.29 is 4.79 Å². The van der Waals surface area contributed by atoms with Gasteiger partial charge < -0.3 is 5.73 Å². The molecule has 0 amide bonds. The summed E-state index contributed by atoms with van der Waals surface area (Å²) in [6.45, 7) is 10.5. The predicted octanol–water partition coefficient (Wildman–Crippen LogP) is 6.15. The Balaban J connectivity index is 1.92. The molecule has 1 unspecified atom stereocenters. The van der Waals surface area contributed by atoms with E-state index in [9.17, 15) is 10.1 Å². The Bertz CT molecular complexity index is 1180. The molecule has 33 heavy (non-hydrogen) atoms. The molecule has 0 spiro atoms. The molecular weight excluding hydrogens is 491 g/mol. The van der Waals surface area contributed by atoms with Crippen molar-refractivity contribution in [3.8, 4) is 6.07 Å². The number of ketones is 1. The summed E-state index contributed by atoms with van der Waals surface area (Å²) in [6, 6.07) is 4.42. The van der Waals surface area contributed by atoms with Crippen molar-refractivity contribution in [1.29, 1.82) is 5.26 Å². The van der Waals surface area contributed by atoms with E-state index in [0.29, 0.717) is 40.2 Å². The molecule has 0 fully saturated rings. The highest BCUT2D eigenvalue weighted by Crippen LogP contribution is 2.52. The highest BCUT2D eigenvalue weighted by molar-refractivity contribution is 8.01. The molecule has 1 atom stereocenters. The number of aromatic nitrogens is 2. The van der Waals surface area contributed by atoms with Crippen LogP contribution in [-0.2, 0) is 4.79 Å². The van der Waals surface area contributed by atoms with E-state index in [2.05, 4.69) is 57.0 Å². The first-order valence-corrected chi connectivity index (χ1v) is 14.4. The van der Waals surface area contributed by atoms with Crippen LogP contribution in [0.4, 0.5) is 5.13 Å².